The topological polar surface area (TPSA) is 67.9 Å². The van der Waals surface area contributed by atoms with Gasteiger partial charge in [0.05, 0.1) is 13.2 Å². The molecule has 1 saturated heterocycles. The van der Waals surface area contributed by atoms with E-state index in [4.69, 9.17) is 27.5 Å². The molecule has 1 aliphatic heterocycles. The van der Waals surface area contributed by atoms with E-state index in [1.165, 1.54) is 0 Å². The van der Waals surface area contributed by atoms with Crippen molar-refractivity contribution in [2.45, 2.75) is 13.5 Å². The quantitative estimate of drug-likeness (QED) is 0.428. The molecule has 0 aliphatic carbocycles. The summed E-state index contributed by atoms with van der Waals surface area (Å²) in [5, 5.41) is 3.20. The Bertz CT molecular complexity index is 993. The molecule has 0 atom stereocenters. The van der Waals surface area contributed by atoms with Crippen LogP contribution >= 0.6 is 11.6 Å². The van der Waals surface area contributed by atoms with E-state index in [1.807, 2.05) is 6.92 Å². The molecular formula is C22H19ClN2O4. The van der Waals surface area contributed by atoms with Gasteiger partial charge in [0.2, 0.25) is 0 Å². The molecule has 1 fully saturated rings. The van der Waals surface area contributed by atoms with E-state index >= 15 is 0 Å². The van der Waals surface area contributed by atoms with E-state index in [-0.39, 0.29) is 18.8 Å². The molecule has 1 heterocycles. The lowest BCUT2D eigenvalue weighted by Gasteiger charge is -2.12. The molecule has 6 nitrogen and oxygen atoms in total. The van der Waals surface area contributed by atoms with Crippen LogP contribution in [0.15, 0.2) is 48.2 Å². The average Bonchev–Trinajstić information content (AvgIpc) is 2.96. The van der Waals surface area contributed by atoms with Crippen LogP contribution in [0.2, 0.25) is 5.02 Å². The molecule has 148 valence electrons. The van der Waals surface area contributed by atoms with Crippen molar-refractivity contribution in [3.63, 3.8) is 0 Å². The van der Waals surface area contributed by atoms with Crippen LogP contribution in [0.5, 0.6) is 11.5 Å². The first kappa shape index (κ1) is 20.3. The molecule has 0 unspecified atom stereocenters. The summed E-state index contributed by atoms with van der Waals surface area (Å²) in [7, 11) is 0. The highest BCUT2D eigenvalue weighted by molar-refractivity contribution is 6.30. The maximum Gasteiger partial charge on any atom is 0.329 e. The van der Waals surface area contributed by atoms with Gasteiger partial charge in [-0.2, -0.15) is 0 Å². The molecule has 7 heteroatoms. The molecule has 2 aromatic rings. The third kappa shape index (κ3) is 4.89. The molecule has 0 bridgehead atoms. The van der Waals surface area contributed by atoms with Gasteiger partial charge < -0.3 is 14.8 Å². The second kappa shape index (κ2) is 9.18. The highest BCUT2D eigenvalue weighted by atomic mass is 35.5. The fourth-order valence-electron chi connectivity index (χ4n) is 2.78. The number of rotatable bonds is 7. The highest BCUT2D eigenvalue weighted by Gasteiger charge is 2.33. The zero-order valence-corrected chi connectivity index (χ0v) is 16.5. The SMILES string of the molecule is C#CCOc1ccc(/C=C2\NC(=O)N(Cc3ccc(Cl)cc3)C2=O)cc1OCC. The van der Waals surface area contributed by atoms with Gasteiger partial charge in [-0.1, -0.05) is 35.7 Å². The van der Waals surface area contributed by atoms with Crippen molar-refractivity contribution in [2.24, 2.45) is 0 Å². The third-order valence-electron chi connectivity index (χ3n) is 4.11. The molecule has 0 saturated carbocycles. The number of urea groups is 1. The Morgan fingerprint density at radius 1 is 1.14 bits per heavy atom. The van der Waals surface area contributed by atoms with E-state index < -0.39 is 11.9 Å². The Morgan fingerprint density at radius 3 is 2.59 bits per heavy atom. The lowest BCUT2D eigenvalue weighted by atomic mass is 10.1. The van der Waals surface area contributed by atoms with Crippen molar-refractivity contribution in [3.8, 4) is 23.8 Å². The first-order valence-electron chi connectivity index (χ1n) is 8.94. The first-order chi connectivity index (χ1) is 14.0. The zero-order chi connectivity index (χ0) is 20.8. The number of carbonyl (C=O) groups is 2. The standard InChI is InChI=1S/C22H19ClN2O4/c1-3-11-29-19-10-7-16(13-20(19)28-4-2)12-18-21(26)25(22(27)24-18)14-15-5-8-17(23)9-6-15/h1,5-10,12-13H,4,11,14H2,2H3,(H,24,27)/b18-12-. The minimum atomic E-state index is -0.477. The summed E-state index contributed by atoms with van der Waals surface area (Å²) in [5.74, 6) is 3.01. The largest absolute Gasteiger partial charge is 0.490 e. The van der Waals surface area contributed by atoms with Gasteiger partial charge in [0.15, 0.2) is 11.5 Å². The van der Waals surface area contributed by atoms with E-state index in [2.05, 4.69) is 11.2 Å². The van der Waals surface area contributed by atoms with Crippen LogP contribution in [0.1, 0.15) is 18.1 Å². The van der Waals surface area contributed by atoms with Crippen LogP contribution in [-0.4, -0.2) is 30.1 Å². The van der Waals surface area contributed by atoms with Crippen LogP contribution in [0, 0.1) is 12.3 Å². The summed E-state index contributed by atoms with van der Waals surface area (Å²) in [4.78, 5) is 26.1. The Kier molecular flexibility index (Phi) is 6.43. The van der Waals surface area contributed by atoms with Crippen molar-refractivity contribution < 1.29 is 19.1 Å². The molecule has 0 aromatic heterocycles. The number of imide groups is 1. The Balaban J connectivity index is 1.80. The van der Waals surface area contributed by atoms with Gasteiger partial charge in [0.1, 0.15) is 12.3 Å². The van der Waals surface area contributed by atoms with Crippen LogP contribution in [0.25, 0.3) is 6.08 Å². The van der Waals surface area contributed by atoms with E-state index in [9.17, 15) is 9.59 Å². The van der Waals surface area contributed by atoms with Crippen molar-refractivity contribution in [1.29, 1.82) is 0 Å². The number of ether oxygens (including phenoxy) is 2. The van der Waals surface area contributed by atoms with E-state index in [0.29, 0.717) is 28.7 Å². The summed E-state index contributed by atoms with van der Waals surface area (Å²) in [6, 6.07) is 11.7. The van der Waals surface area contributed by atoms with Crippen molar-refractivity contribution in [2.75, 3.05) is 13.2 Å². The second-order valence-electron chi connectivity index (χ2n) is 6.14. The summed E-state index contributed by atoms with van der Waals surface area (Å²) in [5.41, 5.74) is 1.66. The fourth-order valence-corrected chi connectivity index (χ4v) is 2.90. The second-order valence-corrected chi connectivity index (χ2v) is 6.57. The number of hydrogen-bond acceptors (Lipinski definition) is 4. The number of carbonyl (C=O) groups excluding carboxylic acids is 2. The maximum absolute atomic E-state index is 12.7. The minimum Gasteiger partial charge on any atom is -0.490 e. The number of amides is 3. The number of terminal acetylenes is 1. The summed E-state index contributed by atoms with van der Waals surface area (Å²) >= 11 is 5.88. The molecule has 0 radical (unpaired) electrons. The predicted octanol–water partition coefficient (Wildman–Crippen LogP) is 3.84. The van der Waals surface area contributed by atoms with E-state index in [1.54, 1.807) is 48.5 Å². The smallest absolute Gasteiger partial charge is 0.329 e. The summed E-state index contributed by atoms with van der Waals surface area (Å²) in [6.07, 6.45) is 6.82. The van der Waals surface area contributed by atoms with Gasteiger partial charge >= 0.3 is 6.03 Å². The van der Waals surface area contributed by atoms with Gasteiger partial charge in [-0.25, -0.2) is 4.79 Å². The minimum absolute atomic E-state index is 0.120. The third-order valence-corrected chi connectivity index (χ3v) is 4.36. The lowest BCUT2D eigenvalue weighted by Crippen LogP contribution is -2.30. The molecular weight excluding hydrogens is 392 g/mol. The molecule has 2 aromatic carbocycles. The normalized spacial score (nSPS) is 14.7. The monoisotopic (exact) mass is 410 g/mol. The maximum atomic E-state index is 12.7. The summed E-state index contributed by atoms with van der Waals surface area (Å²) < 4.78 is 11.0. The zero-order valence-electron chi connectivity index (χ0n) is 15.8. The van der Waals surface area contributed by atoms with Crippen molar-refractivity contribution in [3.05, 3.63) is 64.3 Å². The number of hydrogen-bond donors (Lipinski definition) is 1. The number of halogens is 1. The van der Waals surface area contributed by atoms with Crippen molar-refractivity contribution in [1.82, 2.24) is 10.2 Å². The van der Waals surface area contributed by atoms with E-state index in [0.717, 1.165) is 10.5 Å². The molecule has 1 N–H and O–H groups in total. The fraction of sp³-hybridized carbons (Fsp3) is 0.182. The first-order valence-corrected chi connectivity index (χ1v) is 9.31. The highest BCUT2D eigenvalue weighted by Crippen LogP contribution is 2.30. The van der Waals surface area contributed by atoms with Gasteiger partial charge in [0.25, 0.3) is 5.91 Å². The molecule has 29 heavy (non-hydrogen) atoms. The van der Waals surface area contributed by atoms with Crippen LogP contribution in [0.3, 0.4) is 0 Å². The Morgan fingerprint density at radius 2 is 1.90 bits per heavy atom. The van der Waals surface area contributed by atoms with Crippen molar-refractivity contribution >= 4 is 29.6 Å². The number of nitrogens with one attached hydrogen (secondary N) is 1. The molecule has 1 aliphatic rings. The molecule has 0 spiro atoms. The molecule has 3 rings (SSSR count). The van der Waals surface area contributed by atoms with Crippen LogP contribution < -0.4 is 14.8 Å². The van der Waals surface area contributed by atoms with Crippen LogP contribution in [-0.2, 0) is 11.3 Å². The average molecular weight is 411 g/mol. The Labute approximate surface area is 174 Å². The summed E-state index contributed by atoms with van der Waals surface area (Å²) in [6.45, 7) is 2.57. The van der Waals surface area contributed by atoms with Gasteiger partial charge in [0, 0.05) is 5.02 Å². The lowest BCUT2D eigenvalue weighted by molar-refractivity contribution is -0.123. The van der Waals surface area contributed by atoms with Crippen LogP contribution in [0.4, 0.5) is 4.79 Å². The molecule has 3 amide bonds. The number of benzene rings is 2. The predicted molar refractivity (Wildman–Crippen MR) is 110 cm³/mol. The van der Waals surface area contributed by atoms with Gasteiger partial charge in [-0.15, -0.1) is 6.42 Å². The van der Waals surface area contributed by atoms with Gasteiger partial charge in [-0.05, 0) is 48.4 Å². The van der Waals surface area contributed by atoms with Gasteiger partial charge in [-0.3, -0.25) is 9.69 Å². The Hall–Kier alpha value is -3.43. The number of nitrogens with zero attached hydrogens (tertiary/aromatic N) is 1.